The molecule has 0 aromatic carbocycles. The summed E-state index contributed by atoms with van der Waals surface area (Å²) in [6.07, 6.45) is 6.78. The Kier molecular flexibility index (Phi) is 5.74. The predicted octanol–water partition coefficient (Wildman–Crippen LogP) is 2.89. The molecule has 5 aromatic heterocycles. The molecule has 7 rings (SSSR count). The lowest BCUT2D eigenvalue weighted by Crippen LogP contribution is -2.68. The number of likely N-dealkylation sites (N-methyl/N-ethyl adjacent to an activating group) is 1. The maximum atomic E-state index is 13.4. The van der Waals surface area contributed by atoms with Crippen LogP contribution in [0.3, 0.4) is 0 Å². The molecule has 0 spiro atoms. The molecule has 2 aliphatic rings. The zero-order valence-electron chi connectivity index (χ0n) is 22.4. The molecule has 2 unspecified atom stereocenters. The van der Waals surface area contributed by atoms with E-state index in [9.17, 15) is 4.79 Å². The summed E-state index contributed by atoms with van der Waals surface area (Å²) in [5.41, 5.74) is 11.6. The van der Waals surface area contributed by atoms with Crippen LogP contribution >= 0.6 is 0 Å². The van der Waals surface area contributed by atoms with E-state index in [1.54, 1.807) is 0 Å². The van der Waals surface area contributed by atoms with Crippen molar-refractivity contribution in [2.75, 3.05) is 30.8 Å². The number of hydrogen-bond acceptors (Lipinski definition) is 8. The second-order valence-corrected chi connectivity index (χ2v) is 10.6. The number of piperidine rings is 1. The Labute approximate surface area is 231 Å². The highest BCUT2D eigenvalue weighted by Gasteiger charge is 2.44. The molecule has 4 N–H and O–H groups in total. The average Bonchev–Trinajstić information content (AvgIpc) is 3.62. The SMILES string of the molecule is Cc1cnc2ccc(-c3nc(C(=O)NCc4cccc(N5C6CC5CN(C)C6)n4)c(N)nc3-c3ccc[nH]3)cn12. The number of fused-ring (bicyclic) bond motifs is 3. The van der Waals surface area contributed by atoms with E-state index < -0.39 is 5.91 Å². The van der Waals surface area contributed by atoms with Gasteiger partial charge in [-0.2, -0.15) is 0 Å². The van der Waals surface area contributed by atoms with Crippen LogP contribution in [0.15, 0.2) is 61.1 Å². The summed E-state index contributed by atoms with van der Waals surface area (Å²) in [5.74, 6) is 0.618. The molecular weight excluding hydrogens is 504 g/mol. The third-order valence-corrected chi connectivity index (χ3v) is 7.82. The summed E-state index contributed by atoms with van der Waals surface area (Å²) in [4.78, 5) is 40.0. The third-order valence-electron chi connectivity index (χ3n) is 7.82. The van der Waals surface area contributed by atoms with E-state index in [1.807, 2.05) is 72.4 Å². The zero-order chi connectivity index (χ0) is 27.4. The van der Waals surface area contributed by atoms with Gasteiger partial charge in [0.1, 0.15) is 22.9 Å². The summed E-state index contributed by atoms with van der Waals surface area (Å²) < 4.78 is 1.98. The second-order valence-electron chi connectivity index (χ2n) is 10.6. The van der Waals surface area contributed by atoms with Gasteiger partial charge in [0, 0.05) is 55.0 Å². The van der Waals surface area contributed by atoms with Gasteiger partial charge >= 0.3 is 0 Å². The number of rotatable bonds is 6. The van der Waals surface area contributed by atoms with Crippen LogP contribution in [0.4, 0.5) is 11.6 Å². The van der Waals surface area contributed by atoms with Crippen molar-refractivity contribution in [3.8, 4) is 22.6 Å². The fourth-order valence-electron chi connectivity index (χ4n) is 5.88. The number of likely N-dealkylation sites (tertiary alicyclic amines) is 1. The number of aromatic amines is 1. The summed E-state index contributed by atoms with van der Waals surface area (Å²) in [7, 11) is 2.16. The van der Waals surface area contributed by atoms with Gasteiger partial charge in [-0.3, -0.25) is 4.79 Å². The van der Waals surface area contributed by atoms with Crippen LogP contribution in [0.1, 0.15) is 28.3 Å². The molecule has 11 heteroatoms. The lowest BCUT2D eigenvalue weighted by Gasteiger charge is -2.56. The molecule has 2 aliphatic heterocycles. The molecule has 202 valence electrons. The smallest absolute Gasteiger partial charge is 0.274 e. The Morgan fingerprint density at radius 3 is 2.73 bits per heavy atom. The largest absolute Gasteiger partial charge is 0.382 e. The third kappa shape index (κ3) is 4.15. The molecule has 2 saturated heterocycles. The number of imidazole rings is 1. The van der Waals surface area contributed by atoms with Crippen LogP contribution in [-0.4, -0.2) is 72.3 Å². The van der Waals surface area contributed by atoms with Crippen molar-refractivity contribution in [1.82, 2.24) is 39.5 Å². The number of aromatic nitrogens is 6. The number of H-pyrrole nitrogens is 1. The first-order valence-corrected chi connectivity index (χ1v) is 13.4. The van der Waals surface area contributed by atoms with Gasteiger partial charge in [-0.15, -0.1) is 0 Å². The molecule has 2 bridgehead atoms. The van der Waals surface area contributed by atoms with E-state index in [1.165, 1.54) is 6.42 Å². The Balaban J connectivity index is 1.17. The van der Waals surface area contributed by atoms with Gasteiger partial charge < -0.3 is 30.2 Å². The summed E-state index contributed by atoms with van der Waals surface area (Å²) in [5, 5.41) is 2.95. The van der Waals surface area contributed by atoms with Gasteiger partial charge in [0.2, 0.25) is 0 Å². The fourth-order valence-corrected chi connectivity index (χ4v) is 5.88. The molecule has 2 atom stereocenters. The number of carbonyl (C=O) groups is 1. The number of hydrogen-bond donors (Lipinski definition) is 3. The number of nitrogens with one attached hydrogen (secondary N) is 2. The Hall–Kier alpha value is -4.77. The predicted molar refractivity (Wildman–Crippen MR) is 153 cm³/mol. The molecular formula is C29H30N10O. The Morgan fingerprint density at radius 2 is 1.93 bits per heavy atom. The highest BCUT2D eigenvalue weighted by Crippen LogP contribution is 2.35. The lowest BCUT2D eigenvalue weighted by molar-refractivity contribution is 0.0946. The fraction of sp³-hybridized carbons (Fsp3) is 0.276. The summed E-state index contributed by atoms with van der Waals surface area (Å²) in [6, 6.07) is 14.6. The maximum absolute atomic E-state index is 13.4. The standard InChI is InChI=1S/C29H30N10O/c1-17-12-32-23-9-8-18(14-38(17)23)25-26(22-6-4-10-31-22)36-28(30)27(35-25)29(40)33-13-19-5-3-7-24(34-19)39-20-11-21(39)16-37(2)15-20/h3-10,12,14,20-21,31H,11,13,15-16H2,1-2H3,(H2,30,36)(H,33,40). The number of nitrogens with zero attached hydrogens (tertiary/aromatic N) is 7. The van der Waals surface area contributed by atoms with Crippen molar-refractivity contribution < 1.29 is 4.79 Å². The molecule has 5 aromatic rings. The second kappa shape index (κ2) is 9.45. The first-order valence-electron chi connectivity index (χ1n) is 13.4. The molecule has 0 saturated carbocycles. The number of aryl methyl sites for hydroxylation is 1. The molecule has 2 fully saturated rings. The van der Waals surface area contributed by atoms with E-state index in [4.69, 9.17) is 15.7 Å². The number of piperazine rings is 1. The average molecular weight is 535 g/mol. The van der Waals surface area contributed by atoms with Crippen molar-refractivity contribution in [3.05, 3.63) is 78.1 Å². The van der Waals surface area contributed by atoms with E-state index >= 15 is 0 Å². The highest BCUT2D eigenvalue weighted by atomic mass is 16.1. The number of nitrogen functional groups attached to an aromatic ring is 1. The van der Waals surface area contributed by atoms with E-state index in [-0.39, 0.29) is 18.1 Å². The number of anilines is 2. The summed E-state index contributed by atoms with van der Waals surface area (Å²) in [6.45, 7) is 4.33. The van der Waals surface area contributed by atoms with Crippen molar-refractivity contribution in [3.63, 3.8) is 0 Å². The molecule has 7 heterocycles. The number of pyridine rings is 2. The minimum absolute atomic E-state index is 0.0602. The van der Waals surface area contributed by atoms with Crippen LogP contribution in [0, 0.1) is 6.92 Å². The van der Waals surface area contributed by atoms with Crippen LogP contribution in [0.25, 0.3) is 28.3 Å². The summed E-state index contributed by atoms with van der Waals surface area (Å²) >= 11 is 0. The van der Waals surface area contributed by atoms with Crippen molar-refractivity contribution in [2.45, 2.75) is 32.0 Å². The van der Waals surface area contributed by atoms with E-state index in [0.717, 1.165) is 47.2 Å². The highest BCUT2D eigenvalue weighted by molar-refractivity contribution is 5.97. The minimum atomic E-state index is -0.404. The monoisotopic (exact) mass is 534 g/mol. The van der Waals surface area contributed by atoms with Gasteiger partial charge in [0.05, 0.1) is 17.9 Å². The topological polar surface area (TPSA) is 133 Å². The molecule has 0 aliphatic carbocycles. The van der Waals surface area contributed by atoms with Crippen LogP contribution in [0.5, 0.6) is 0 Å². The first-order chi connectivity index (χ1) is 19.4. The number of carbonyl (C=O) groups excluding carboxylic acids is 1. The zero-order valence-corrected chi connectivity index (χ0v) is 22.4. The van der Waals surface area contributed by atoms with Gasteiger partial charge in [0.25, 0.3) is 5.91 Å². The Bertz CT molecular complexity index is 1710. The maximum Gasteiger partial charge on any atom is 0.274 e. The van der Waals surface area contributed by atoms with Gasteiger partial charge in [-0.25, -0.2) is 19.9 Å². The van der Waals surface area contributed by atoms with Crippen molar-refractivity contribution in [1.29, 1.82) is 0 Å². The van der Waals surface area contributed by atoms with Crippen LogP contribution < -0.4 is 16.0 Å². The molecule has 40 heavy (non-hydrogen) atoms. The van der Waals surface area contributed by atoms with Gasteiger partial charge in [-0.1, -0.05) is 6.07 Å². The minimum Gasteiger partial charge on any atom is -0.382 e. The molecule has 1 amide bonds. The number of amides is 1. The Morgan fingerprint density at radius 1 is 1.07 bits per heavy atom. The first kappa shape index (κ1) is 24.3. The molecule has 0 radical (unpaired) electrons. The normalized spacial score (nSPS) is 18.6. The van der Waals surface area contributed by atoms with Crippen molar-refractivity contribution >= 4 is 23.2 Å². The van der Waals surface area contributed by atoms with Gasteiger partial charge in [0.15, 0.2) is 11.5 Å². The quantitative estimate of drug-likeness (QED) is 0.303. The number of nitrogens with two attached hydrogens (primary N) is 1. The van der Waals surface area contributed by atoms with E-state index in [0.29, 0.717) is 23.5 Å². The van der Waals surface area contributed by atoms with E-state index in [2.05, 4.69) is 37.1 Å². The van der Waals surface area contributed by atoms with Gasteiger partial charge in [-0.05, 0) is 56.8 Å². The van der Waals surface area contributed by atoms with Crippen LogP contribution in [0.2, 0.25) is 0 Å². The van der Waals surface area contributed by atoms with Crippen molar-refractivity contribution in [2.24, 2.45) is 0 Å². The van der Waals surface area contributed by atoms with Crippen LogP contribution in [-0.2, 0) is 6.54 Å². The molecule has 11 nitrogen and oxygen atoms in total. The lowest BCUT2D eigenvalue weighted by atomic mass is 9.88.